The van der Waals surface area contributed by atoms with Gasteiger partial charge in [-0.3, -0.25) is 9.88 Å². The first kappa shape index (κ1) is 25.4. The van der Waals surface area contributed by atoms with Crippen LogP contribution >= 0.6 is 0 Å². The van der Waals surface area contributed by atoms with Crippen molar-refractivity contribution in [1.82, 2.24) is 34.7 Å². The summed E-state index contributed by atoms with van der Waals surface area (Å²) in [4.78, 5) is 37.7. The van der Waals surface area contributed by atoms with E-state index in [2.05, 4.69) is 40.5 Å². The third-order valence-corrected chi connectivity index (χ3v) is 6.19. The highest BCUT2D eigenvalue weighted by atomic mass is 16.6. The van der Waals surface area contributed by atoms with Crippen LogP contribution in [0.1, 0.15) is 26.3 Å². The molecule has 1 aromatic carbocycles. The number of pyridine rings is 1. The highest BCUT2D eigenvalue weighted by molar-refractivity contribution is 5.85. The summed E-state index contributed by atoms with van der Waals surface area (Å²) in [6.45, 7) is 9.31. The van der Waals surface area contributed by atoms with Gasteiger partial charge in [0.1, 0.15) is 17.1 Å². The van der Waals surface area contributed by atoms with E-state index in [4.69, 9.17) is 4.74 Å². The number of carbonyl (C=O) groups excluding carboxylic acids is 1. The minimum absolute atomic E-state index is 0.246. The van der Waals surface area contributed by atoms with Crippen molar-refractivity contribution < 1.29 is 9.53 Å². The van der Waals surface area contributed by atoms with Crippen LogP contribution in [0.15, 0.2) is 48.9 Å². The van der Waals surface area contributed by atoms with E-state index in [9.17, 15) is 4.79 Å². The second kappa shape index (κ2) is 10.6. The molecule has 1 fully saturated rings. The van der Waals surface area contributed by atoms with E-state index < -0.39 is 5.60 Å². The van der Waals surface area contributed by atoms with E-state index in [0.29, 0.717) is 24.9 Å². The average Bonchev–Trinajstić information content (AvgIpc) is 3.29. The number of imidazole rings is 1. The maximum absolute atomic E-state index is 12.3. The van der Waals surface area contributed by atoms with Gasteiger partial charge in [-0.05, 0) is 50.6 Å². The van der Waals surface area contributed by atoms with Crippen molar-refractivity contribution in [1.29, 1.82) is 0 Å². The molecule has 0 spiro atoms. The summed E-state index contributed by atoms with van der Waals surface area (Å²) in [7, 11) is 1.83. The predicted octanol–water partition coefficient (Wildman–Crippen LogP) is 4.25. The Hall–Kier alpha value is -4.25. The van der Waals surface area contributed by atoms with Gasteiger partial charge in [0.25, 0.3) is 0 Å². The number of benzene rings is 1. The molecule has 1 aliphatic rings. The molecular formula is C27H33N9O2. The lowest BCUT2D eigenvalue weighted by Crippen LogP contribution is -2.49. The zero-order valence-corrected chi connectivity index (χ0v) is 22.2. The molecule has 1 aliphatic heterocycles. The fraction of sp³-hybridized carbons (Fsp3) is 0.370. The smallest absolute Gasteiger partial charge is 0.410 e. The molecule has 198 valence electrons. The van der Waals surface area contributed by atoms with Crippen LogP contribution in [-0.2, 0) is 11.3 Å². The molecule has 1 amide bonds. The number of rotatable bonds is 6. The molecule has 0 radical (unpaired) electrons. The number of nitrogens with one attached hydrogen (secondary N) is 3. The Balaban J connectivity index is 1.22. The molecule has 11 heteroatoms. The first-order valence-corrected chi connectivity index (χ1v) is 12.7. The number of fused-ring (bicyclic) bond motifs is 1. The molecule has 0 unspecified atom stereocenters. The van der Waals surface area contributed by atoms with Crippen molar-refractivity contribution in [3.63, 3.8) is 0 Å². The summed E-state index contributed by atoms with van der Waals surface area (Å²) in [5, 5.41) is 6.37. The minimum atomic E-state index is -0.483. The molecule has 5 rings (SSSR count). The number of hydrogen-bond acceptors (Lipinski definition) is 9. The second-order valence-electron chi connectivity index (χ2n) is 10.2. The number of anilines is 3. The fourth-order valence-corrected chi connectivity index (χ4v) is 4.38. The molecule has 3 aromatic heterocycles. The van der Waals surface area contributed by atoms with Crippen LogP contribution in [0, 0.1) is 0 Å². The number of hydrogen-bond donors (Lipinski definition) is 3. The van der Waals surface area contributed by atoms with E-state index in [0.717, 1.165) is 53.3 Å². The SMILES string of the molecule is CNc1nccnc1-c1ccc2nc(Nc3cc(CN4CCN(C(=O)OC(C)(C)C)CC4)ccn3)[nH]c2c1. The van der Waals surface area contributed by atoms with E-state index >= 15 is 0 Å². The maximum atomic E-state index is 12.3. The lowest BCUT2D eigenvalue weighted by molar-refractivity contribution is 0.0139. The summed E-state index contributed by atoms with van der Waals surface area (Å²) < 4.78 is 5.50. The molecule has 3 N–H and O–H groups in total. The number of amides is 1. The van der Waals surface area contributed by atoms with Gasteiger partial charge in [0.2, 0.25) is 5.95 Å². The largest absolute Gasteiger partial charge is 0.444 e. The minimum Gasteiger partial charge on any atom is -0.444 e. The molecule has 11 nitrogen and oxygen atoms in total. The van der Waals surface area contributed by atoms with E-state index in [1.54, 1.807) is 23.5 Å². The van der Waals surface area contributed by atoms with Crippen LogP contribution in [-0.4, -0.2) is 79.6 Å². The van der Waals surface area contributed by atoms with Gasteiger partial charge in [0, 0.05) is 63.9 Å². The molecule has 4 aromatic rings. The Bertz CT molecular complexity index is 1420. The Morgan fingerprint density at radius 3 is 2.58 bits per heavy atom. The Morgan fingerprint density at radius 1 is 1.03 bits per heavy atom. The van der Waals surface area contributed by atoms with Crippen LogP contribution in [0.25, 0.3) is 22.3 Å². The number of ether oxygens (including phenoxy) is 1. The van der Waals surface area contributed by atoms with Crippen LogP contribution < -0.4 is 10.6 Å². The van der Waals surface area contributed by atoms with Gasteiger partial charge in [0.15, 0.2) is 5.82 Å². The molecule has 0 bridgehead atoms. The van der Waals surface area contributed by atoms with Crippen molar-refractivity contribution in [2.24, 2.45) is 0 Å². The van der Waals surface area contributed by atoms with E-state index in [1.807, 2.05) is 58.2 Å². The number of piperazine rings is 1. The average molecular weight is 516 g/mol. The molecular weight excluding hydrogens is 482 g/mol. The van der Waals surface area contributed by atoms with Crippen LogP contribution in [0.5, 0.6) is 0 Å². The molecule has 0 atom stereocenters. The van der Waals surface area contributed by atoms with E-state index in [-0.39, 0.29) is 6.09 Å². The topological polar surface area (TPSA) is 124 Å². The van der Waals surface area contributed by atoms with Gasteiger partial charge >= 0.3 is 6.09 Å². The molecule has 38 heavy (non-hydrogen) atoms. The Morgan fingerprint density at radius 2 is 1.82 bits per heavy atom. The number of H-pyrrole nitrogens is 1. The Labute approximate surface area is 221 Å². The summed E-state index contributed by atoms with van der Waals surface area (Å²) in [5.74, 6) is 2.04. The number of nitrogens with zero attached hydrogens (tertiary/aromatic N) is 6. The normalized spacial score (nSPS) is 14.5. The highest BCUT2D eigenvalue weighted by Gasteiger charge is 2.25. The Kier molecular flexibility index (Phi) is 7.10. The van der Waals surface area contributed by atoms with Gasteiger partial charge in [0.05, 0.1) is 11.0 Å². The van der Waals surface area contributed by atoms with Crippen molar-refractivity contribution in [3.8, 4) is 11.3 Å². The highest BCUT2D eigenvalue weighted by Crippen LogP contribution is 2.27. The van der Waals surface area contributed by atoms with Gasteiger partial charge in [-0.15, -0.1) is 0 Å². The van der Waals surface area contributed by atoms with Crippen LogP contribution in [0.3, 0.4) is 0 Å². The monoisotopic (exact) mass is 515 g/mol. The quantitative estimate of drug-likeness (QED) is 0.346. The maximum Gasteiger partial charge on any atom is 0.410 e. The second-order valence-corrected chi connectivity index (χ2v) is 10.2. The van der Waals surface area contributed by atoms with Crippen molar-refractivity contribution in [3.05, 3.63) is 54.5 Å². The van der Waals surface area contributed by atoms with Gasteiger partial charge in [-0.2, -0.15) is 0 Å². The summed E-state index contributed by atoms with van der Waals surface area (Å²) in [5.41, 5.74) is 4.10. The number of carbonyl (C=O) groups is 1. The predicted molar refractivity (Wildman–Crippen MR) is 147 cm³/mol. The molecule has 1 saturated heterocycles. The zero-order chi connectivity index (χ0) is 26.7. The van der Waals surface area contributed by atoms with Crippen molar-refractivity contribution in [2.75, 3.05) is 43.9 Å². The lowest BCUT2D eigenvalue weighted by atomic mass is 10.1. The molecule has 4 heterocycles. The first-order chi connectivity index (χ1) is 18.3. The van der Waals surface area contributed by atoms with E-state index in [1.165, 1.54) is 0 Å². The van der Waals surface area contributed by atoms with Crippen LogP contribution in [0.4, 0.5) is 22.4 Å². The number of aromatic amines is 1. The summed E-state index contributed by atoms with van der Waals surface area (Å²) in [6, 6.07) is 9.99. The molecule has 0 saturated carbocycles. The van der Waals surface area contributed by atoms with Crippen LogP contribution in [0.2, 0.25) is 0 Å². The fourth-order valence-electron chi connectivity index (χ4n) is 4.38. The van der Waals surface area contributed by atoms with Crippen molar-refractivity contribution >= 4 is 34.7 Å². The first-order valence-electron chi connectivity index (χ1n) is 12.7. The number of aromatic nitrogens is 5. The standard InChI is InChI=1S/C27H33N9O2/c1-27(2,3)38-26(37)36-13-11-35(12-14-36)17-18-7-8-29-22(15-18)34-25-32-20-6-5-19(16-21(20)33-25)23-24(28-4)31-10-9-30-23/h5-10,15-16H,11-14,17H2,1-4H3,(H,28,31)(H2,29,32,33,34). The zero-order valence-electron chi connectivity index (χ0n) is 22.2. The lowest BCUT2D eigenvalue weighted by Gasteiger charge is -2.35. The summed E-state index contributed by atoms with van der Waals surface area (Å²) in [6.07, 6.45) is 4.89. The van der Waals surface area contributed by atoms with Gasteiger partial charge in [-0.25, -0.2) is 19.7 Å². The third kappa shape index (κ3) is 6.00. The summed E-state index contributed by atoms with van der Waals surface area (Å²) >= 11 is 0. The van der Waals surface area contributed by atoms with Gasteiger partial charge in [-0.1, -0.05) is 6.07 Å². The third-order valence-electron chi connectivity index (χ3n) is 6.19. The molecule has 0 aliphatic carbocycles. The van der Waals surface area contributed by atoms with Gasteiger partial charge < -0.3 is 25.3 Å². The van der Waals surface area contributed by atoms with Crippen molar-refractivity contribution in [2.45, 2.75) is 32.9 Å².